The molecule has 1 aromatic carbocycles. The predicted octanol–water partition coefficient (Wildman–Crippen LogP) is 0.100. The van der Waals surface area contributed by atoms with Crippen molar-refractivity contribution in [2.45, 2.75) is 16.6 Å². The van der Waals surface area contributed by atoms with Crippen molar-refractivity contribution in [1.82, 2.24) is 30.4 Å². The number of rotatable bonds is 9. The lowest BCUT2D eigenvalue weighted by molar-refractivity contribution is -0.150. The molecule has 2 aromatic rings. The van der Waals surface area contributed by atoms with Crippen LogP contribution in [0.15, 0.2) is 45.8 Å². The van der Waals surface area contributed by atoms with Gasteiger partial charge in [-0.2, -0.15) is 0 Å². The highest BCUT2D eigenvalue weighted by Gasteiger charge is 2.54. The number of benzene rings is 1. The Bertz CT molecular complexity index is 1230. The Morgan fingerprint density at radius 1 is 1.37 bits per heavy atom. The summed E-state index contributed by atoms with van der Waals surface area (Å²) in [5.41, 5.74) is 0.891. The number of thioether (sulfide) groups is 2. The third-order valence-corrected chi connectivity index (χ3v) is 7.67. The topological polar surface area (TPSA) is 161 Å². The highest BCUT2D eigenvalue weighted by molar-refractivity contribution is 8.01. The van der Waals surface area contributed by atoms with Gasteiger partial charge in [-0.1, -0.05) is 29.1 Å². The monoisotopic (exact) mass is 519 g/mol. The Balaban J connectivity index is 1.50. The van der Waals surface area contributed by atoms with Crippen LogP contribution in [-0.4, -0.2) is 90.9 Å². The highest BCUT2D eigenvalue weighted by atomic mass is 32.2. The molecule has 35 heavy (non-hydrogen) atoms. The number of carbonyl (C=O) groups excluding carboxylic acids is 2. The van der Waals surface area contributed by atoms with Gasteiger partial charge in [0.05, 0.1) is 7.11 Å². The summed E-state index contributed by atoms with van der Waals surface area (Å²) in [5.74, 6) is -1.16. The second-order valence-electron chi connectivity index (χ2n) is 7.35. The number of fused-ring (bicyclic) bond motifs is 1. The SMILES string of the molecule is CON=C(C(=O)NC1C(=O)N2C(C(=O)O)=C(CSc3nnnn3C)CS[C@H]12)c1cccc(OC)c1. The van der Waals surface area contributed by atoms with Gasteiger partial charge in [0.2, 0.25) is 5.16 Å². The third kappa shape index (κ3) is 4.81. The molecule has 0 spiro atoms. The molecule has 1 aromatic heterocycles. The number of carboxylic acids is 1. The first-order valence-electron chi connectivity index (χ1n) is 10.2. The number of hydrogen-bond acceptors (Lipinski definition) is 11. The number of oxime groups is 1. The smallest absolute Gasteiger partial charge is 0.352 e. The van der Waals surface area contributed by atoms with Crippen molar-refractivity contribution in [3.8, 4) is 5.75 Å². The number of carboxylic acid groups (broad SMARTS) is 1. The minimum Gasteiger partial charge on any atom is -0.497 e. The van der Waals surface area contributed by atoms with E-state index >= 15 is 0 Å². The molecule has 13 nitrogen and oxygen atoms in total. The lowest BCUT2D eigenvalue weighted by atomic mass is 10.0. The second-order valence-corrected chi connectivity index (χ2v) is 9.39. The van der Waals surface area contributed by atoms with E-state index in [0.29, 0.717) is 33.5 Å². The van der Waals surface area contributed by atoms with E-state index in [1.165, 1.54) is 47.3 Å². The minimum atomic E-state index is -1.21. The molecule has 15 heteroatoms. The number of ether oxygens (including phenoxy) is 1. The normalized spacial score (nSPS) is 19.7. The van der Waals surface area contributed by atoms with Gasteiger partial charge in [-0.25, -0.2) is 9.48 Å². The van der Waals surface area contributed by atoms with Gasteiger partial charge in [0.15, 0.2) is 5.71 Å². The zero-order chi connectivity index (χ0) is 25.1. The number of amides is 2. The molecule has 3 heterocycles. The molecule has 2 aliphatic rings. The fraction of sp³-hybridized carbons (Fsp3) is 0.350. The summed E-state index contributed by atoms with van der Waals surface area (Å²) in [6, 6.07) is 5.77. The zero-order valence-electron chi connectivity index (χ0n) is 18.9. The van der Waals surface area contributed by atoms with E-state index in [-0.39, 0.29) is 11.4 Å². The minimum absolute atomic E-state index is 0.0400. The number of tetrazole rings is 1. The van der Waals surface area contributed by atoms with E-state index in [9.17, 15) is 19.5 Å². The maximum Gasteiger partial charge on any atom is 0.352 e. The summed E-state index contributed by atoms with van der Waals surface area (Å²) in [4.78, 5) is 44.1. The number of aromatic nitrogens is 4. The fourth-order valence-corrected chi connectivity index (χ4v) is 5.92. The molecule has 0 aliphatic carbocycles. The number of carbonyl (C=O) groups is 3. The van der Waals surface area contributed by atoms with Crippen LogP contribution in [0.5, 0.6) is 5.75 Å². The van der Waals surface area contributed by atoms with Crippen molar-refractivity contribution < 1.29 is 29.1 Å². The molecule has 2 N–H and O–H groups in total. The van der Waals surface area contributed by atoms with Crippen LogP contribution in [0.25, 0.3) is 0 Å². The van der Waals surface area contributed by atoms with Crippen LogP contribution in [-0.2, 0) is 26.3 Å². The number of nitrogens with zero attached hydrogens (tertiary/aromatic N) is 6. The summed E-state index contributed by atoms with van der Waals surface area (Å²) in [7, 11) is 4.49. The Morgan fingerprint density at radius 3 is 2.83 bits per heavy atom. The Morgan fingerprint density at radius 2 is 2.17 bits per heavy atom. The van der Waals surface area contributed by atoms with Crippen molar-refractivity contribution >= 4 is 47.0 Å². The lowest BCUT2D eigenvalue weighted by Gasteiger charge is -2.49. The van der Waals surface area contributed by atoms with E-state index < -0.39 is 29.2 Å². The number of methoxy groups -OCH3 is 1. The van der Waals surface area contributed by atoms with Gasteiger partial charge in [-0.3, -0.25) is 14.5 Å². The third-order valence-electron chi connectivity index (χ3n) is 5.23. The van der Waals surface area contributed by atoms with Crippen LogP contribution in [0.2, 0.25) is 0 Å². The molecule has 2 amide bonds. The van der Waals surface area contributed by atoms with Crippen molar-refractivity contribution in [3.05, 3.63) is 41.1 Å². The molecule has 2 aliphatic heterocycles. The highest BCUT2D eigenvalue weighted by Crippen LogP contribution is 2.41. The molecule has 1 unspecified atom stereocenters. The Hall–Kier alpha value is -3.59. The summed E-state index contributed by atoms with van der Waals surface area (Å²) in [6.07, 6.45) is 0. The molecule has 4 rings (SSSR count). The molecule has 1 fully saturated rings. The van der Waals surface area contributed by atoms with Gasteiger partial charge in [0.25, 0.3) is 11.8 Å². The average molecular weight is 520 g/mol. The maximum absolute atomic E-state index is 13.0. The van der Waals surface area contributed by atoms with Gasteiger partial charge in [-0.15, -0.1) is 16.9 Å². The van der Waals surface area contributed by atoms with E-state index in [1.54, 1.807) is 31.3 Å². The second kappa shape index (κ2) is 10.4. The first kappa shape index (κ1) is 24.5. The van der Waals surface area contributed by atoms with Crippen molar-refractivity contribution in [2.24, 2.45) is 12.2 Å². The van der Waals surface area contributed by atoms with Crippen LogP contribution in [0.1, 0.15) is 5.56 Å². The first-order chi connectivity index (χ1) is 16.8. The van der Waals surface area contributed by atoms with Crippen LogP contribution < -0.4 is 10.1 Å². The molecular weight excluding hydrogens is 498 g/mol. The number of aliphatic carboxylic acids is 1. The Labute approximate surface area is 207 Å². The standard InChI is InChI=1S/C20H21N7O6S2/c1-26-20(22-24-25-26)35-9-11-8-34-18-14(17(29)27(18)15(11)19(30)31)21-16(28)13(23-33-3)10-5-4-6-12(7-10)32-2/h4-7,14,18H,8-9H2,1-3H3,(H,21,28)(H,30,31)/t14?,18-/m1/s1. The quantitative estimate of drug-likeness (QED) is 0.200. The summed E-state index contributed by atoms with van der Waals surface area (Å²) in [5, 5.41) is 27.5. The summed E-state index contributed by atoms with van der Waals surface area (Å²) < 4.78 is 6.67. The number of nitrogens with one attached hydrogen (secondary N) is 1. The van der Waals surface area contributed by atoms with E-state index in [2.05, 4.69) is 26.0 Å². The first-order valence-corrected chi connectivity index (χ1v) is 12.2. The van der Waals surface area contributed by atoms with Crippen LogP contribution in [0.3, 0.4) is 0 Å². The Kier molecular flexibility index (Phi) is 7.25. The van der Waals surface area contributed by atoms with Crippen molar-refractivity contribution in [2.75, 3.05) is 25.7 Å². The number of β-lactam (4-membered cyclic amide) rings is 1. The largest absolute Gasteiger partial charge is 0.497 e. The molecule has 184 valence electrons. The molecule has 2 atom stereocenters. The van der Waals surface area contributed by atoms with Gasteiger partial charge in [-0.05, 0) is 28.1 Å². The van der Waals surface area contributed by atoms with Crippen LogP contribution in [0, 0.1) is 0 Å². The van der Waals surface area contributed by atoms with E-state index in [0.717, 1.165) is 0 Å². The summed E-state index contributed by atoms with van der Waals surface area (Å²) in [6.45, 7) is 0. The van der Waals surface area contributed by atoms with Crippen LogP contribution in [0.4, 0.5) is 0 Å². The number of hydrogen-bond donors (Lipinski definition) is 2. The predicted molar refractivity (Wildman–Crippen MR) is 126 cm³/mol. The van der Waals surface area contributed by atoms with Gasteiger partial charge in [0, 0.05) is 24.1 Å². The van der Waals surface area contributed by atoms with Crippen molar-refractivity contribution in [3.63, 3.8) is 0 Å². The molecule has 0 bridgehead atoms. The summed E-state index contributed by atoms with van der Waals surface area (Å²) >= 11 is 2.65. The molecular formula is C20H21N7O6S2. The van der Waals surface area contributed by atoms with Gasteiger partial charge >= 0.3 is 5.97 Å². The maximum atomic E-state index is 13.0. The number of aryl methyl sites for hydroxylation is 1. The van der Waals surface area contributed by atoms with Crippen molar-refractivity contribution in [1.29, 1.82) is 0 Å². The molecule has 0 saturated carbocycles. The van der Waals surface area contributed by atoms with E-state index in [1.807, 2.05) is 0 Å². The molecule has 1 saturated heterocycles. The average Bonchev–Trinajstić information content (AvgIpc) is 3.28. The lowest BCUT2D eigenvalue weighted by Crippen LogP contribution is -2.71. The molecule has 0 radical (unpaired) electrons. The van der Waals surface area contributed by atoms with Gasteiger partial charge < -0.3 is 20.0 Å². The van der Waals surface area contributed by atoms with Gasteiger partial charge in [0.1, 0.15) is 30.0 Å². The van der Waals surface area contributed by atoms with E-state index in [4.69, 9.17) is 9.57 Å². The zero-order valence-corrected chi connectivity index (χ0v) is 20.5. The van der Waals surface area contributed by atoms with Crippen LogP contribution >= 0.6 is 23.5 Å². The fourth-order valence-electron chi connectivity index (χ4n) is 3.59.